The standard InChI is InChI=1S/C17H20N2O/c1-3-19(4-2)17(20)11-13-9-10-14(12-18)16-8-6-5-7-15(13)16/h5-10,12,18H,3-4,11H2,1-2H3. The summed E-state index contributed by atoms with van der Waals surface area (Å²) < 4.78 is 0. The van der Waals surface area contributed by atoms with Gasteiger partial charge in [-0.3, -0.25) is 4.79 Å². The van der Waals surface area contributed by atoms with Crippen LogP contribution in [0, 0.1) is 5.41 Å². The van der Waals surface area contributed by atoms with Crippen LogP contribution in [-0.4, -0.2) is 30.1 Å². The maximum Gasteiger partial charge on any atom is 0.226 e. The number of nitrogens with zero attached hydrogens (tertiary/aromatic N) is 1. The van der Waals surface area contributed by atoms with Gasteiger partial charge in [0.05, 0.1) is 6.42 Å². The highest BCUT2D eigenvalue weighted by atomic mass is 16.2. The SMILES string of the molecule is CCN(CC)C(=O)Cc1ccc(C=N)c2ccccc12. The molecule has 0 unspecified atom stereocenters. The summed E-state index contributed by atoms with van der Waals surface area (Å²) in [6, 6.07) is 11.8. The van der Waals surface area contributed by atoms with Gasteiger partial charge in [0.1, 0.15) is 0 Å². The summed E-state index contributed by atoms with van der Waals surface area (Å²) >= 11 is 0. The van der Waals surface area contributed by atoms with Gasteiger partial charge in [-0.15, -0.1) is 0 Å². The van der Waals surface area contributed by atoms with Crippen LogP contribution in [0.25, 0.3) is 10.8 Å². The summed E-state index contributed by atoms with van der Waals surface area (Å²) in [7, 11) is 0. The van der Waals surface area contributed by atoms with Crippen LogP contribution in [0.15, 0.2) is 36.4 Å². The average molecular weight is 268 g/mol. The molecule has 0 saturated carbocycles. The molecule has 2 aromatic rings. The average Bonchev–Trinajstić information content (AvgIpc) is 2.49. The quantitative estimate of drug-likeness (QED) is 0.831. The third-order valence-corrected chi connectivity index (χ3v) is 3.66. The van der Waals surface area contributed by atoms with Gasteiger partial charge >= 0.3 is 0 Å². The Morgan fingerprint density at radius 1 is 1.10 bits per heavy atom. The van der Waals surface area contributed by atoms with E-state index in [1.165, 1.54) is 6.21 Å². The Balaban J connectivity index is 2.41. The van der Waals surface area contributed by atoms with E-state index >= 15 is 0 Å². The van der Waals surface area contributed by atoms with Gasteiger partial charge in [-0.05, 0) is 35.7 Å². The molecule has 20 heavy (non-hydrogen) atoms. The zero-order valence-electron chi connectivity index (χ0n) is 12.0. The lowest BCUT2D eigenvalue weighted by atomic mass is 9.98. The zero-order valence-corrected chi connectivity index (χ0v) is 12.0. The maximum atomic E-state index is 12.3. The summed E-state index contributed by atoms with van der Waals surface area (Å²) in [4.78, 5) is 14.1. The number of benzene rings is 2. The van der Waals surface area contributed by atoms with E-state index in [4.69, 9.17) is 5.41 Å². The molecule has 0 atom stereocenters. The first-order chi connectivity index (χ1) is 9.71. The number of hydrogen-bond donors (Lipinski definition) is 1. The highest BCUT2D eigenvalue weighted by molar-refractivity contribution is 6.01. The first-order valence-corrected chi connectivity index (χ1v) is 7.00. The Bertz CT molecular complexity index is 630. The Labute approximate surface area is 119 Å². The van der Waals surface area contributed by atoms with Crippen LogP contribution in [0.4, 0.5) is 0 Å². The van der Waals surface area contributed by atoms with E-state index in [0.717, 1.165) is 35.0 Å². The summed E-state index contributed by atoms with van der Waals surface area (Å²) in [6.45, 7) is 5.48. The normalized spacial score (nSPS) is 10.5. The lowest BCUT2D eigenvalue weighted by molar-refractivity contribution is -0.130. The number of nitrogens with one attached hydrogen (secondary N) is 1. The van der Waals surface area contributed by atoms with E-state index < -0.39 is 0 Å². The lowest BCUT2D eigenvalue weighted by Gasteiger charge is -2.19. The monoisotopic (exact) mass is 268 g/mol. The molecule has 3 nitrogen and oxygen atoms in total. The first kappa shape index (κ1) is 14.3. The van der Waals surface area contributed by atoms with Crippen molar-refractivity contribution in [2.24, 2.45) is 0 Å². The van der Waals surface area contributed by atoms with Crippen molar-refractivity contribution in [1.82, 2.24) is 4.90 Å². The molecule has 2 aromatic carbocycles. The van der Waals surface area contributed by atoms with Crippen LogP contribution in [0.3, 0.4) is 0 Å². The van der Waals surface area contributed by atoms with Crippen LogP contribution in [0.5, 0.6) is 0 Å². The summed E-state index contributed by atoms with van der Waals surface area (Å²) in [5.74, 6) is 0.155. The lowest BCUT2D eigenvalue weighted by Crippen LogP contribution is -2.31. The molecule has 0 heterocycles. The predicted molar refractivity (Wildman–Crippen MR) is 83.5 cm³/mol. The van der Waals surface area contributed by atoms with Gasteiger partial charge in [0.15, 0.2) is 0 Å². The van der Waals surface area contributed by atoms with E-state index in [2.05, 4.69) is 0 Å². The number of amides is 1. The number of fused-ring (bicyclic) bond motifs is 1. The van der Waals surface area contributed by atoms with Crippen molar-refractivity contribution in [2.45, 2.75) is 20.3 Å². The van der Waals surface area contributed by atoms with Crippen LogP contribution in [0.2, 0.25) is 0 Å². The Morgan fingerprint density at radius 3 is 2.35 bits per heavy atom. The van der Waals surface area contributed by atoms with E-state index in [1.54, 1.807) is 0 Å². The Hall–Kier alpha value is -2.16. The summed E-state index contributed by atoms with van der Waals surface area (Å²) in [5, 5.41) is 9.56. The van der Waals surface area contributed by atoms with Crippen molar-refractivity contribution in [3.63, 3.8) is 0 Å². The minimum absolute atomic E-state index is 0.155. The molecule has 0 aromatic heterocycles. The molecule has 1 amide bonds. The first-order valence-electron chi connectivity index (χ1n) is 7.00. The van der Waals surface area contributed by atoms with Crippen molar-refractivity contribution in [3.05, 3.63) is 47.5 Å². The van der Waals surface area contributed by atoms with Gasteiger partial charge in [0, 0.05) is 19.3 Å². The number of carbonyl (C=O) groups excluding carboxylic acids is 1. The van der Waals surface area contributed by atoms with Crippen molar-refractivity contribution in [1.29, 1.82) is 5.41 Å². The molecule has 0 saturated heterocycles. The molecule has 0 aliphatic carbocycles. The predicted octanol–water partition coefficient (Wildman–Crippen LogP) is 3.25. The minimum atomic E-state index is 0.155. The molecule has 0 radical (unpaired) electrons. The molecule has 0 aliphatic rings. The number of rotatable bonds is 5. The van der Waals surface area contributed by atoms with Gasteiger partial charge in [-0.1, -0.05) is 36.4 Å². The third-order valence-electron chi connectivity index (χ3n) is 3.66. The molecule has 104 valence electrons. The second kappa shape index (κ2) is 6.33. The highest BCUT2D eigenvalue weighted by Crippen LogP contribution is 2.22. The van der Waals surface area contributed by atoms with Crippen molar-refractivity contribution in [2.75, 3.05) is 13.1 Å². The van der Waals surface area contributed by atoms with Gasteiger partial charge < -0.3 is 10.3 Å². The fourth-order valence-electron chi connectivity index (χ4n) is 2.52. The molecule has 0 fully saturated rings. The fourth-order valence-corrected chi connectivity index (χ4v) is 2.52. The van der Waals surface area contributed by atoms with Crippen molar-refractivity contribution >= 4 is 22.9 Å². The number of hydrogen-bond acceptors (Lipinski definition) is 2. The van der Waals surface area contributed by atoms with Gasteiger partial charge in [-0.25, -0.2) is 0 Å². The van der Waals surface area contributed by atoms with Crippen molar-refractivity contribution < 1.29 is 4.79 Å². The van der Waals surface area contributed by atoms with Crippen LogP contribution < -0.4 is 0 Å². The van der Waals surface area contributed by atoms with Gasteiger partial charge in [-0.2, -0.15) is 0 Å². The molecule has 0 bridgehead atoms. The second-order valence-electron chi connectivity index (χ2n) is 4.75. The summed E-state index contributed by atoms with van der Waals surface area (Å²) in [6.07, 6.45) is 1.78. The number of likely N-dealkylation sites (N-methyl/N-ethyl adjacent to an activating group) is 1. The Morgan fingerprint density at radius 2 is 1.75 bits per heavy atom. The molecule has 2 rings (SSSR count). The van der Waals surface area contributed by atoms with Crippen molar-refractivity contribution in [3.8, 4) is 0 Å². The van der Waals surface area contributed by atoms with Gasteiger partial charge in [0.25, 0.3) is 0 Å². The maximum absolute atomic E-state index is 12.3. The summed E-state index contributed by atoms with van der Waals surface area (Å²) in [5.41, 5.74) is 1.92. The van der Waals surface area contributed by atoms with Crippen LogP contribution in [-0.2, 0) is 11.2 Å². The largest absolute Gasteiger partial charge is 0.343 e. The van der Waals surface area contributed by atoms with E-state index in [-0.39, 0.29) is 5.91 Å². The number of carbonyl (C=O) groups is 1. The molecular weight excluding hydrogens is 248 g/mol. The third kappa shape index (κ3) is 2.72. The zero-order chi connectivity index (χ0) is 14.5. The van der Waals surface area contributed by atoms with Gasteiger partial charge in [0.2, 0.25) is 5.91 Å². The molecule has 0 aliphatic heterocycles. The minimum Gasteiger partial charge on any atom is -0.343 e. The fraction of sp³-hybridized carbons (Fsp3) is 0.294. The highest BCUT2D eigenvalue weighted by Gasteiger charge is 2.13. The molecule has 0 spiro atoms. The van der Waals surface area contributed by atoms with E-state index in [1.807, 2.05) is 55.1 Å². The molecular formula is C17H20N2O. The van der Waals surface area contributed by atoms with E-state index in [9.17, 15) is 4.79 Å². The van der Waals surface area contributed by atoms with E-state index in [0.29, 0.717) is 6.42 Å². The second-order valence-corrected chi connectivity index (χ2v) is 4.75. The van der Waals surface area contributed by atoms with Crippen LogP contribution in [0.1, 0.15) is 25.0 Å². The molecule has 1 N–H and O–H groups in total. The Kier molecular flexibility index (Phi) is 4.51. The smallest absolute Gasteiger partial charge is 0.226 e. The van der Waals surface area contributed by atoms with Crippen LogP contribution >= 0.6 is 0 Å². The molecule has 3 heteroatoms. The topological polar surface area (TPSA) is 44.2 Å².